The van der Waals surface area contributed by atoms with Gasteiger partial charge < -0.3 is 9.84 Å². The van der Waals surface area contributed by atoms with Gasteiger partial charge in [-0.1, -0.05) is 41.9 Å². The summed E-state index contributed by atoms with van der Waals surface area (Å²) in [4.78, 5) is 37.5. The summed E-state index contributed by atoms with van der Waals surface area (Å²) in [5, 5.41) is 9.99. The normalized spacial score (nSPS) is 13.6. The van der Waals surface area contributed by atoms with Crippen LogP contribution < -0.4 is 10.3 Å². The van der Waals surface area contributed by atoms with Gasteiger partial charge in [-0.25, -0.2) is 4.79 Å². The second-order valence-electron chi connectivity index (χ2n) is 6.56. The molecule has 0 spiro atoms. The molecule has 0 amide bonds. The number of aliphatic carboxylic acids is 1. The van der Waals surface area contributed by atoms with Crippen LogP contribution in [-0.4, -0.2) is 28.5 Å². The number of ketones is 1. The monoisotopic (exact) mass is 428 g/mol. The Labute approximate surface area is 182 Å². The van der Waals surface area contributed by atoms with E-state index >= 15 is 0 Å². The average molecular weight is 429 g/mol. The van der Waals surface area contributed by atoms with E-state index in [1.54, 1.807) is 30.3 Å². The van der Waals surface area contributed by atoms with Crippen LogP contribution in [0.5, 0.6) is 5.75 Å². The van der Waals surface area contributed by atoms with Crippen molar-refractivity contribution in [1.29, 1.82) is 0 Å². The Morgan fingerprint density at radius 3 is 2.53 bits per heavy atom. The first kappa shape index (κ1) is 17.5. The van der Waals surface area contributed by atoms with Gasteiger partial charge in [0.25, 0.3) is 5.56 Å². The lowest BCUT2D eigenvalue weighted by Gasteiger charge is -2.19. The third-order valence-corrected chi connectivity index (χ3v) is 4.91. The molecule has 3 rings (SSSR count). The summed E-state index contributed by atoms with van der Waals surface area (Å²) >= 11 is 6.08. The highest BCUT2D eigenvalue weighted by molar-refractivity contribution is 6.31. The number of aromatic nitrogens is 1. The van der Waals surface area contributed by atoms with Gasteiger partial charge in [0.15, 0.2) is 5.78 Å². The van der Waals surface area contributed by atoms with E-state index in [0.29, 0.717) is 0 Å². The number of rotatable bonds is 7. The first-order valence-corrected chi connectivity index (χ1v) is 9.32. The van der Waals surface area contributed by atoms with Gasteiger partial charge in [0.05, 0.1) is 13.3 Å². The lowest BCUT2D eigenvalue weighted by molar-refractivity contribution is -0.141. The highest BCUT2D eigenvalue weighted by Crippen LogP contribution is 2.34. The minimum atomic E-state index is -2.91. The summed E-state index contributed by atoms with van der Waals surface area (Å²) in [7, 11) is 1.32. The molecule has 1 unspecified atom stereocenters. The second-order valence-corrected chi connectivity index (χ2v) is 7.00. The Kier molecular flexibility index (Phi) is 5.22. The van der Waals surface area contributed by atoms with Gasteiger partial charge in [-0.3, -0.25) is 14.2 Å². The van der Waals surface area contributed by atoms with Crippen molar-refractivity contribution in [2.45, 2.75) is 19.3 Å². The van der Waals surface area contributed by atoms with Gasteiger partial charge in [0, 0.05) is 32.7 Å². The lowest BCUT2D eigenvalue weighted by Crippen LogP contribution is -2.31. The number of carboxylic acids is 1. The molecule has 0 saturated heterocycles. The molecular weight excluding hydrogens is 406 g/mol. The second kappa shape index (κ2) is 8.97. The van der Waals surface area contributed by atoms with E-state index in [9.17, 15) is 19.5 Å². The topological polar surface area (TPSA) is 85.6 Å². The molecule has 0 fully saturated rings. The molecule has 154 valence electrons. The van der Waals surface area contributed by atoms with Crippen LogP contribution in [0.15, 0.2) is 65.6 Å². The molecule has 0 aliphatic rings. The largest absolute Gasteiger partial charge is 0.495 e. The van der Waals surface area contributed by atoms with Crippen molar-refractivity contribution in [2.24, 2.45) is 0 Å². The average Bonchev–Trinajstić information content (AvgIpc) is 2.77. The molecule has 2 aromatic carbocycles. The maximum Gasteiger partial charge on any atom is 0.327 e. The molecule has 7 heteroatoms. The number of carbonyl (C=O) groups is 2. The zero-order chi connectivity index (χ0) is 24.3. The van der Waals surface area contributed by atoms with Gasteiger partial charge in [-0.15, -0.1) is 0 Å². The molecule has 30 heavy (non-hydrogen) atoms. The first-order valence-electron chi connectivity index (χ1n) is 10.4. The minimum absolute atomic E-state index is 0.0541. The standard InChI is InChI=1S/C23H20ClNO5/c1-14(26)17-9-8-16(24)11-18(17)19-12-22(27)25(13-21(19)30-2)20(23(28)29)10-15-6-4-3-5-7-15/h3-9,11-13,20H,10H2,1-2H3,(H,28,29)/i1D3. The number of ether oxygens (including phenoxy) is 1. The van der Waals surface area contributed by atoms with Gasteiger partial charge in [-0.2, -0.15) is 0 Å². The summed E-state index contributed by atoms with van der Waals surface area (Å²) < 4.78 is 28.8. The van der Waals surface area contributed by atoms with Gasteiger partial charge in [0.2, 0.25) is 0 Å². The smallest absolute Gasteiger partial charge is 0.327 e. The molecule has 0 aliphatic heterocycles. The van der Waals surface area contributed by atoms with Crippen molar-refractivity contribution < 1.29 is 23.5 Å². The molecule has 0 saturated carbocycles. The SMILES string of the molecule is [2H]C([2H])([2H])C(=O)c1ccc(Cl)cc1-c1cc(=O)n(C(Cc2ccccc2)C(=O)O)cc1OC. The minimum Gasteiger partial charge on any atom is -0.495 e. The molecule has 1 heterocycles. The molecule has 3 aromatic rings. The molecular formula is C23H20ClNO5. The first-order chi connectivity index (χ1) is 15.5. The number of carbonyl (C=O) groups excluding carboxylic acids is 1. The fourth-order valence-corrected chi connectivity index (χ4v) is 3.40. The maximum absolute atomic E-state index is 13.0. The molecule has 1 atom stereocenters. The van der Waals surface area contributed by atoms with Crippen molar-refractivity contribution in [3.8, 4) is 16.9 Å². The Morgan fingerprint density at radius 1 is 1.17 bits per heavy atom. The predicted octanol–water partition coefficient (Wildman–Crippen LogP) is 4.25. The zero-order valence-electron chi connectivity index (χ0n) is 19.0. The van der Waals surface area contributed by atoms with Gasteiger partial charge in [-0.05, 0) is 36.2 Å². The van der Waals surface area contributed by atoms with E-state index in [4.69, 9.17) is 20.5 Å². The number of Topliss-reactive ketones (excluding diaryl/α,β-unsaturated/α-hetero) is 1. The number of methoxy groups -OCH3 is 1. The summed E-state index contributed by atoms with van der Waals surface area (Å²) in [5.41, 5.74) is 0.118. The van der Waals surface area contributed by atoms with Crippen LogP contribution in [0.1, 0.15) is 32.9 Å². The number of carboxylic acid groups (broad SMARTS) is 1. The van der Waals surface area contributed by atoms with Crippen LogP contribution in [0.3, 0.4) is 0 Å². The van der Waals surface area contributed by atoms with Crippen molar-refractivity contribution >= 4 is 23.4 Å². The number of pyridine rings is 1. The van der Waals surface area contributed by atoms with E-state index in [2.05, 4.69) is 0 Å². The van der Waals surface area contributed by atoms with Crippen LogP contribution in [0.2, 0.25) is 5.02 Å². The van der Waals surface area contributed by atoms with Crippen LogP contribution in [-0.2, 0) is 11.2 Å². The maximum atomic E-state index is 13.0. The highest BCUT2D eigenvalue weighted by atomic mass is 35.5. The predicted molar refractivity (Wildman–Crippen MR) is 115 cm³/mol. The quantitative estimate of drug-likeness (QED) is 0.568. The zero-order valence-corrected chi connectivity index (χ0v) is 16.7. The molecule has 1 N–H and O–H groups in total. The van der Waals surface area contributed by atoms with Crippen LogP contribution in [0.25, 0.3) is 11.1 Å². The van der Waals surface area contributed by atoms with E-state index in [-0.39, 0.29) is 33.9 Å². The molecule has 1 aromatic heterocycles. The van der Waals surface area contributed by atoms with Crippen molar-refractivity contribution in [1.82, 2.24) is 4.57 Å². The number of halogens is 1. The fourth-order valence-electron chi connectivity index (χ4n) is 3.22. The molecule has 6 nitrogen and oxygen atoms in total. The van der Waals surface area contributed by atoms with E-state index in [0.717, 1.165) is 16.2 Å². The lowest BCUT2D eigenvalue weighted by atomic mass is 9.97. The summed E-state index contributed by atoms with van der Waals surface area (Å²) in [5.74, 6) is -2.25. The fraction of sp³-hybridized carbons (Fsp3) is 0.174. The van der Waals surface area contributed by atoms with Gasteiger partial charge in [0.1, 0.15) is 11.8 Å². The number of benzene rings is 2. The van der Waals surface area contributed by atoms with Crippen molar-refractivity contribution in [3.63, 3.8) is 0 Å². The highest BCUT2D eigenvalue weighted by Gasteiger charge is 2.24. The van der Waals surface area contributed by atoms with E-state index in [1.165, 1.54) is 31.5 Å². The van der Waals surface area contributed by atoms with Crippen LogP contribution in [0, 0.1) is 0 Å². The Bertz CT molecular complexity index is 1260. The number of hydrogen-bond acceptors (Lipinski definition) is 4. The van der Waals surface area contributed by atoms with Gasteiger partial charge >= 0.3 is 5.97 Å². The van der Waals surface area contributed by atoms with Crippen molar-refractivity contribution in [2.75, 3.05) is 7.11 Å². The Balaban J connectivity index is 2.17. The third-order valence-electron chi connectivity index (χ3n) is 4.67. The number of hydrogen-bond donors (Lipinski definition) is 1. The Hall–Kier alpha value is -3.38. The molecule has 0 bridgehead atoms. The summed E-state index contributed by atoms with van der Waals surface area (Å²) in [6.07, 6.45) is 1.29. The van der Waals surface area contributed by atoms with Crippen LogP contribution in [0.4, 0.5) is 0 Å². The Morgan fingerprint density at radius 2 is 1.90 bits per heavy atom. The molecule has 0 aliphatic carbocycles. The van der Waals surface area contributed by atoms with E-state index in [1.807, 2.05) is 0 Å². The molecule has 0 radical (unpaired) electrons. The summed E-state index contributed by atoms with van der Waals surface area (Å²) in [6.45, 7) is -2.91. The summed E-state index contributed by atoms with van der Waals surface area (Å²) in [6, 6.07) is 12.7. The van der Waals surface area contributed by atoms with E-state index < -0.39 is 30.2 Å². The van der Waals surface area contributed by atoms with Crippen molar-refractivity contribution in [3.05, 3.63) is 87.3 Å². The number of nitrogens with zero attached hydrogens (tertiary/aromatic N) is 1. The third kappa shape index (κ3) is 4.44. The van der Waals surface area contributed by atoms with Crippen LogP contribution >= 0.6 is 11.6 Å².